The van der Waals surface area contributed by atoms with Crippen LogP contribution in [0.4, 0.5) is 16.2 Å². The van der Waals surface area contributed by atoms with E-state index in [1.54, 1.807) is 0 Å². The van der Waals surface area contributed by atoms with Crippen LogP contribution in [0.15, 0.2) is 54.6 Å². The molecule has 2 amide bonds. The number of nitrogens with one attached hydrogen (secondary N) is 2. The molecule has 2 aromatic rings. The molecule has 2 unspecified atom stereocenters. The van der Waals surface area contributed by atoms with Crippen molar-refractivity contribution in [3.8, 4) is 5.75 Å². The largest absolute Gasteiger partial charge is 0.492 e. The fraction of sp³-hybridized carbons (Fsp3) is 0.350. The molecule has 2 aromatic carbocycles. The third kappa shape index (κ3) is 4.73. The number of rotatable bonds is 7. The van der Waals surface area contributed by atoms with Gasteiger partial charge in [0.05, 0.1) is 6.04 Å². The van der Waals surface area contributed by atoms with Crippen molar-refractivity contribution in [1.82, 2.24) is 4.90 Å². The normalized spacial score (nSPS) is 21.4. The number of amides is 2. The van der Waals surface area contributed by atoms with Crippen LogP contribution in [0, 0.1) is 5.92 Å². The van der Waals surface area contributed by atoms with E-state index in [0.29, 0.717) is 12.6 Å². The summed E-state index contributed by atoms with van der Waals surface area (Å²) in [6.45, 7) is 3.09. The van der Waals surface area contributed by atoms with E-state index in [-0.39, 0.29) is 6.03 Å². The Hall–Kier alpha value is -2.53. The van der Waals surface area contributed by atoms with Gasteiger partial charge in [0.15, 0.2) is 0 Å². The second-order valence-corrected chi connectivity index (χ2v) is 6.84. The molecule has 5 heteroatoms. The summed E-state index contributed by atoms with van der Waals surface area (Å²) in [6, 6.07) is 17.2. The number of para-hydroxylation sites is 1. The van der Waals surface area contributed by atoms with E-state index >= 15 is 0 Å². The molecule has 1 saturated heterocycles. The highest BCUT2D eigenvalue weighted by atomic mass is 16.5. The summed E-state index contributed by atoms with van der Waals surface area (Å²) >= 11 is 0. The summed E-state index contributed by atoms with van der Waals surface area (Å²) in [6.07, 6.45) is 2.78. The number of urea groups is 1. The average molecular weight is 337 g/mol. The van der Waals surface area contributed by atoms with Gasteiger partial charge >= 0.3 is 6.03 Å². The van der Waals surface area contributed by atoms with Gasteiger partial charge < -0.3 is 15.4 Å². The molecule has 2 fully saturated rings. The third-order valence-corrected chi connectivity index (χ3v) is 4.58. The average Bonchev–Trinajstić information content (AvgIpc) is 3.53. The van der Waals surface area contributed by atoms with Crippen LogP contribution < -0.4 is 15.4 Å². The Labute approximate surface area is 148 Å². The first-order valence-corrected chi connectivity index (χ1v) is 8.86. The Bertz CT molecular complexity index is 731. The molecule has 1 aliphatic carbocycles. The predicted octanol–water partition coefficient (Wildman–Crippen LogP) is 3.80. The molecule has 1 saturated carbocycles. The van der Waals surface area contributed by atoms with Gasteiger partial charge in [0.2, 0.25) is 0 Å². The molecule has 2 N–H and O–H groups in total. The summed E-state index contributed by atoms with van der Waals surface area (Å²) in [7, 11) is 0. The standard InChI is InChI=1S/C20H23N3O2/c24-20(21-16-5-2-1-3-6-16)22-17-7-4-8-19(11-17)25-14-18-13-23(18)12-15-9-10-15/h1-8,11,15,18H,9-10,12-14H2,(H2,21,22,24). The molecule has 1 heterocycles. The number of carbonyl (C=O) groups excluding carboxylic acids is 1. The zero-order valence-electron chi connectivity index (χ0n) is 14.2. The summed E-state index contributed by atoms with van der Waals surface area (Å²) in [5.74, 6) is 1.72. The lowest BCUT2D eigenvalue weighted by Gasteiger charge is -2.10. The van der Waals surface area contributed by atoms with Crippen molar-refractivity contribution in [3.63, 3.8) is 0 Å². The van der Waals surface area contributed by atoms with Gasteiger partial charge in [0.25, 0.3) is 0 Å². The van der Waals surface area contributed by atoms with Crippen LogP contribution in [0.2, 0.25) is 0 Å². The van der Waals surface area contributed by atoms with Gasteiger partial charge in [-0.3, -0.25) is 4.90 Å². The lowest BCUT2D eigenvalue weighted by atomic mass is 10.3. The second-order valence-electron chi connectivity index (χ2n) is 6.84. The van der Waals surface area contributed by atoms with Crippen molar-refractivity contribution in [2.45, 2.75) is 18.9 Å². The molecular formula is C20H23N3O2. The molecule has 0 radical (unpaired) electrons. The van der Waals surface area contributed by atoms with Gasteiger partial charge in [-0.15, -0.1) is 0 Å². The Morgan fingerprint density at radius 2 is 1.80 bits per heavy atom. The molecular weight excluding hydrogens is 314 g/mol. The quantitative estimate of drug-likeness (QED) is 0.756. The van der Waals surface area contributed by atoms with Crippen LogP contribution in [-0.2, 0) is 0 Å². The summed E-state index contributed by atoms with van der Waals surface area (Å²) in [5.41, 5.74) is 1.48. The summed E-state index contributed by atoms with van der Waals surface area (Å²) in [5, 5.41) is 5.64. The van der Waals surface area contributed by atoms with E-state index in [9.17, 15) is 4.79 Å². The summed E-state index contributed by atoms with van der Waals surface area (Å²) in [4.78, 5) is 14.5. The predicted molar refractivity (Wildman–Crippen MR) is 99.1 cm³/mol. The Morgan fingerprint density at radius 3 is 2.60 bits per heavy atom. The number of benzene rings is 2. The van der Waals surface area contributed by atoms with Gasteiger partial charge in [-0.2, -0.15) is 0 Å². The lowest BCUT2D eigenvalue weighted by Crippen LogP contribution is -2.19. The lowest BCUT2D eigenvalue weighted by molar-refractivity contribution is 0.262. The van der Waals surface area contributed by atoms with Crippen LogP contribution in [0.25, 0.3) is 0 Å². The molecule has 1 aliphatic heterocycles. The highest BCUT2D eigenvalue weighted by Crippen LogP contribution is 2.33. The maximum absolute atomic E-state index is 12.1. The van der Waals surface area contributed by atoms with Crippen molar-refractivity contribution in [2.24, 2.45) is 5.92 Å². The van der Waals surface area contributed by atoms with Gasteiger partial charge in [-0.05, 0) is 43.0 Å². The first-order chi connectivity index (χ1) is 12.3. The Kier molecular flexibility index (Phi) is 4.57. The second kappa shape index (κ2) is 7.15. The molecule has 130 valence electrons. The number of hydrogen-bond donors (Lipinski definition) is 2. The first-order valence-electron chi connectivity index (χ1n) is 8.86. The van der Waals surface area contributed by atoms with Crippen molar-refractivity contribution >= 4 is 17.4 Å². The zero-order valence-corrected chi connectivity index (χ0v) is 14.2. The molecule has 0 aromatic heterocycles. The molecule has 0 bridgehead atoms. The fourth-order valence-electron chi connectivity index (χ4n) is 2.91. The topological polar surface area (TPSA) is 53.4 Å². The molecule has 2 atom stereocenters. The van der Waals surface area contributed by atoms with Crippen LogP contribution in [0.1, 0.15) is 12.8 Å². The fourth-order valence-corrected chi connectivity index (χ4v) is 2.91. The van der Waals surface area contributed by atoms with Crippen LogP contribution in [-0.4, -0.2) is 36.7 Å². The number of carbonyl (C=O) groups is 1. The van der Waals surface area contributed by atoms with Gasteiger partial charge in [0.1, 0.15) is 12.4 Å². The molecule has 4 rings (SSSR count). The van der Waals surface area contributed by atoms with Crippen molar-refractivity contribution in [3.05, 3.63) is 54.6 Å². The minimum Gasteiger partial charge on any atom is -0.492 e. The molecule has 5 nitrogen and oxygen atoms in total. The maximum Gasteiger partial charge on any atom is 0.323 e. The van der Waals surface area contributed by atoms with E-state index in [2.05, 4.69) is 15.5 Å². The molecule has 0 spiro atoms. The molecule has 25 heavy (non-hydrogen) atoms. The minimum atomic E-state index is -0.263. The van der Waals surface area contributed by atoms with Crippen LogP contribution in [0.3, 0.4) is 0 Å². The monoisotopic (exact) mass is 337 g/mol. The zero-order chi connectivity index (χ0) is 17.1. The number of hydrogen-bond acceptors (Lipinski definition) is 3. The van der Waals surface area contributed by atoms with Crippen LogP contribution in [0.5, 0.6) is 5.75 Å². The van der Waals surface area contributed by atoms with Crippen molar-refractivity contribution in [2.75, 3.05) is 30.3 Å². The highest BCUT2D eigenvalue weighted by molar-refractivity contribution is 5.99. The van der Waals surface area contributed by atoms with E-state index < -0.39 is 0 Å². The van der Waals surface area contributed by atoms with Crippen LogP contribution >= 0.6 is 0 Å². The summed E-state index contributed by atoms with van der Waals surface area (Å²) < 4.78 is 5.89. The van der Waals surface area contributed by atoms with E-state index in [1.807, 2.05) is 54.6 Å². The van der Waals surface area contributed by atoms with E-state index in [1.165, 1.54) is 19.4 Å². The first kappa shape index (κ1) is 16.0. The Morgan fingerprint density at radius 1 is 1.04 bits per heavy atom. The minimum absolute atomic E-state index is 0.263. The SMILES string of the molecule is O=C(Nc1ccccc1)Nc1cccc(OCC2CN2CC2CC2)c1. The van der Waals surface area contributed by atoms with Crippen molar-refractivity contribution in [1.29, 1.82) is 0 Å². The van der Waals surface area contributed by atoms with Gasteiger partial charge in [-0.1, -0.05) is 24.3 Å². The maximum atomic E-state index is 12.1. The number of anilines is 2. The number of nitrogens with zero attached hydrogens (tertiary/aromatic N) is 1. The van der Waals surface area contributed by atoms with E-state index in [4.69, 9.17) is 4.74 Å². The number of ether oxygens (including phenoxy) is 1. The van der Waals surface area contributed by atoms with Gasteiger partial charge in [-0.25, -0.2) is 4.79 Å². The third-order valence-electron chi connectivity index (χ3n) is 4.58. The van der Waals surface area contributed by atoms with Gasteiger partial charge in [0, 0.05) is 30.5 Å². The van der Waals surface area contributed by atoms with Crippen molar-refractivity contribution < 1.29 is 9.53 Å². The highest BCUT2D eigenvalue weighted by Gasteiger charge is 2.38. The smallest absolute Gasteiger partial charge is 0.323 e. The Balaban J connectivity index is 1.25. The molecule has 2 aliphatic rings. The van der Waals surface area contributed by atoms with E-state index in [0.717, 1.165) is 29.6 Å².